The summed E-state index contributed by atoms with van der Waals surface area (Å²) in [6, 6.07) is 8.82. The number of pyridine rings is 1. The molecule has 0 radical (unpaired) electrons. The van der Waals surface area contributed by atoms with E-state index in [4.69, 9.17) is 0 Å². The third kappa shape index (κ3) is 2.90. The maximum atomic E-state index is 4.10. The van der Waals surface area contributed by atoms with Crippen LogP contribution in [0.2, 0.25) is 0 Å². The van der Waals surface area contributed by atoms with Gasteiger partial charge in [-0.2, -0.15) is 0 Å². The van der Waals surface area contributed by atoms with E-state index < -0.39 is 0 Å². The van der Waals surface area contributed by atoms with Gasteiger partial charge in [0.2, 0.25) is 0 Å². The van der Waals surface area contributed by atoms with Crippen LogP contribution in [0.5, 0.6) is 0 Å². The predicted octanol–water partition coefficient (Wildman–Crippen LogP) is 3.30. The van der Waals surface area contributed by atoms with E-state index in [0.717, 1.165) is 6.54 Å². The molecule has 1 unspecified atom stereocenters. The van der Waals surface area contributed by atoms with Crippen molar-refractivity contribution in [3.05, 3.63) is 52.0 Å². The first-order valence-corrected chi connectivity index (χ1v) is 6.26. The van der Waals surface area contributed by atoms with Crippen LogP contribution in [0.1, 0.15) is 28.3 Å². The minimum absolute atomic E-state index is 0.402. The standard InChI is InChI=1S/C13H16N2S/c1-10-5-6-13(16-10)11(2)15-9-12-4-3-7-14-8-12/h3-8,11,15H,9H2,1-2H3. The molecule has 2 nitrogen and oxygen atoms in total. The van der Waals surface area contributed by atoms with Gasteiger partial charge in [-0.1, -0.05) is 6.07 Å². The predicted molar refractivity (Wildman–Crippen MR) is 68.5 cm³/mol. The molecule has 0 fully saturated rings. The maximum absolute atomic E-state index is 4.10. The van der Waals surface area contributed by atoms with Crippen molar-refractivity contribution in [3.8, 4) is 0 Å². The van der Waals surface area contributed by atoms with E-state index in [9.17, 15) is 0 Å². The van der Waals surface area contributed by atoms with Crippen LogP contribution in [0.4, 0.5) is 0 Å². The van der Waals surface area contributed by atoms with Crippen molar-refractivity contribution in [2.45, 2.75) is 26.4 Å². The number of nitrogens with one attached hydrogen (secondary N) is 1. The van der Waals surface area contributed by atoms with E-state index in [2.05, 4.69) is 42.3 Å². The topological polar surface area (TPSA) is 24.9 Å². The Morgan fingerprint density at radius 3 is 2.88 bits per heavy atom. The van der Waals surface area contributed by atoms with Crippen LogP contribution < -0.4 is 5.32 Å². The Kier molecular flexibility index (Phi) is 3.70. The molecule has 0 aliphatic carbocycles. The second-order valence-electron chi connectivity index (χ2n) is 3.91. The second kappa shape index (κ2) is 5.23. The number of hydrogen-bond acceptors (Lipinski definition) is 3. The van der Waals surface area contributed by atoms with Crippen LogP contribution in [0, 0.1) is 6.92 Å². The summed E-state index contributed by atoms with van der Waals surface area (Å²) in [5.74, 6) is 0. The van der Waals surface area contributed by atoms with E-state index in [1.54, 1.807) is 6.20 Å². The van der Waals surface area contributed by atoms with Crippen molar-refractivity contribution in [2.75, 3.05) is 0 Å². The molecule has 16 heavy (non-hydrogen) atoms. The number of nitrogens with zero attached hydrogens (tertiary/aromatic N) is 1. The summed E-state index contributed by atoms with van der Waals surface area (Å²) in [5.41, 5.74) is 1.22. The molecule has 2 heterocycles. The summed E-state index contributed by atoms with van der Waals surface area (Å²) in [6.45, 7) is 5.20. The molecule has 1 N–H and O–H groups in total. The molecule has 0 saturated carbocycles. The minimum atomic E-state index is 0.402. The molecular formula is C13H16N2S. The largest absolute Gasteiger partial charge is 0.305 e. The van der Waals surface area contributed by atoms with E-state index in [1.165, 1.54) is 15.3 Å². The fourth-order valence-electron chi connectivity index (χ4n) is 1.56. The van der Waals surface area contributed by atoms with Crippen LogP contribution in [0.3, 0.4) is 0 Å². The van der Waals surface area contributed by atoms with Crippen LogP contribution in [-0.4, -0.2) is 4.98 Å². The Balaban J connectivity index is 1.91. The molecular weight excluding hydrogens is 216 g/mol. The van der Waals surface area contributed by atoms with Crippen LogP contribution in [-0.2, 0) is 6.54 Å². The molecule has 2 aromatic rings. The van der Waals surface area contributed by atoms with Crippen molar-refractivity contribution in [2.24, 2.45) is 0 Å². The van der Waals surface area contributed by atoms with E-state index in [-0.39, 0.29) is 0 Å². The molecule has 0 spiro atoms. The van der Waals surface area contributed by atoms with Gasteiger partial charge < -0.3 is 5.32 Å². The molecule has 0 aromatic carbocycles. The van der Waals surface area contributed by atoms with Crippen molar-refractivity contribution in [1.82, 2.24) is 10.3 Å². The number of aryl methyl sites for hydroxylation is 1. The third-order valence-corrected chi connectivity index (χ3v) is 3.71. The van der Waals surface area contributed by atoms with E-state index in [0.29, 0.717) is 6.04 Å². The summed E-state index contributed by atoms with van der Waals surface area (Å²) in [6.07, 6.45) is 3.70. The van der Waals surface area contributed by atoms with Gasteiger partial charge in [0.1, 0.15) is 0 Å². The molecule has 0 amide bonds. The fourth-order valence-corrected chi connectivity index (χ4v) is 2.46. The average Bonchev–Trinajstić information content (AvgIpc) is 2.74. The quantitative estimate of drug-likeness (QED) is 0.875. The highest BCUT2D eigenvalue weighted by atomic mass is 32.1. The van der Waals surface area contributed by atoms with Gasteiger partial charge in [-0.3, -0.25) is 4.98 Å². The van der Waals surface area contributed by atoms with Gasteiger partial charge in [-0.15, -0.1) is 11.3 Å². The molecule has 0 bridgehead atoms. The van der Waals surface area contributed by atoms with E-state index >= 15 is 0 Å². The van der Waals surface area contributed by atoms with Gasteiger partial charge in [-0.05, 0) is 37.6 Å². The van der Waals surface area contributed by atoms with Crippen molar-refractivity contribution < 1.29 is 0 Å². The van der Waals surface area contributed by atoms with Gasteiger partial charge >= 0.3 is 0 Å². The smallest absolute Gasteiger partial charge is 0.0388 e. The summed E-state index contributed by atoms with van der Waals surface area (Å²) < 4.78 is 0. The highest BCUT2D eigenvalue weighted by molar-refractivity contribution is 7.12. The third-order valence-electron chi connectivity index (χ3n) is 2.52. The summed E-state index contributed by atoms with van der Waals surface area (Å²) in [7, 11) is 0. The van der Waals surface area contributed by atoms with Crippen LogP contribution in [0.15, 0.2) is 36.7 Å². The Hall–Kier alpha value is -1.19. The zero-order valence-electron chi connectivity index (χ0n) is 9.60. The molecule has 84 valence electrons. The molecule has 0 aliphatic rings. The Morgan fingerprint density at radius 2 is 2.25 bits per heavy atom. The molecule has 0 saturated heterocycles. The summed E-state index contributed by atoms with van der Waals surface area (Å²) in [4.78, 5) is 6.86. The first-order valence-electron chi connectivity index (χ1n) is 5.44. The van der Waals surface area contributed by atoms with Crippen molar-refractivity contribution >= 4 is 11.3 Å². The molecule has 1 atom stereocenters. The summed E-state index contributed by atoms with van der Waals surface area (Å²) in [5, 5.41) is 3.50. The van der Waals surface area contributed by atoms with Gasteiger partial charge in [0.15, 0.2) is 0 Å². The fraction of sp³-hybridized carbons (Fsp3) is 0.308. The Bertz CT molecular complexity index is 436. The van der Waals surface area contributed by atoms with Gasteiger partial charge in [0.05, 0.1) is 0 Å². The molecule has 2 aromatic heterocycles. The maximum Gasteiger partial charge on any atom is 0.0388 e. The average molecular weight is 232 g/mol. The van der Waals surface area contributed by atoms with Crippen molar-refractivity contribution in [1.29, 1.82) is 0 Å². The Morgan fingerprint density at radius 1 is 1.38 bits per heavy atom. The zero-order chi connectivity index (χ0) is 11.4. The monoisotopic (exact) mass is 232 g/mol. The van der Waals surface area contributed by atoms with Crippen molar-refractivity contribution in [3.63, 3.8) is 0 Å². The van der Waals surface area contributed by atoms with Crippen LogP contribution >= 0.6 is 11.3 Å². The van der Waals surface area contributed by atoms with E-state index in [1.807, 2.05) is 23.6 Å². The summed E-state index contributed by atoms with van der Waals surface area (Å²) >= 11 is 1.85. The lowest BCUT2D eigenvalue weighted by molar-refractivity contribution is 0.582. The first kappa shape index (κ1) is 11.3. The number of rotatable bonds is 4. The highest BCUT2D eigenvalue weighted by Gasteiger charge is 2.06. The number of thiophene rings is 1. The SMILES string of the molecule is Cc1ccc(C(C)NCc2cccnc2)s1. The number of aromatic nitrogens is 1. The highest BCUT2D eigenvalue weighted by Crippen LogP contribution is 2.22. The first-order chi connectivity index (χ1) is 7.75. The molecule has 2 rings (SSSR count). The second-order valence-corrected chi connectivity index (χ2v) is 5.23. The lowest BCUT2D eigenvalue weighted by Gasteiger charge is -2.11. The zero-order valence-corrected chi connectivity index (χ0v) is 10.4. The van der Waals surface area contributed by atoms with Gasteiger partial charge in [-0.25, -0.2) is 0 Å². The Labute approximate surface area is 100 Å². The molecule has 0 aliphatic heterocycles. The lowest BCUT2D eigenvalue weighted by atomic mass is 10.2. The minimum Gasteiger partial charge on any atom is -0.305 e. The number of hydrogen-bond donors (Lipinski definition) is 1. The van der Waals surface area contributed by atoms with Gasteiger partial charge in [0.25, 0.3) is 0 Å². The van der Waals surface area contributed by atoms with Gasteiger partial charge in [0, 0.05) is 34.7 Å². The molecule has 3 heteroatoms. The normalized spacial score (nSPS) is 12.6. The van der Waals surface area contributed by atoms with Crippen LogP contribution in [0.25, 0.3) is 0 Å². The lowest BCUT2D eigenvalue weighted by Crippen LogP contribution is -2.17.